The quantitative estimate of drug-likeness (QED) is 0.582. The summed E-state index contributed by atoms with van der Waals surface area (Å²) in [6.07, 6.45) is -4.79. The second-order valence-electron chi connectivity index (χ2n) is 8.32. The predicted molar refractivity (Wildman–Crippen MR) is 108 cm³/mol. The van der Waals surface area contributed by atoms with Gasteiger partial charge in [0.2, 0.25) is 0 Å². The van der Waals surface area contributed by atoms with Crippen LogP contribution in [0.3, 0.4) is 0 Å². The second-order valence-corrected chi connectivity index (χ2v) is 8.32. The van der Waals surface area contributed by atoms with Crippen molar-refractivity contribution in [3.05, 3.63) is 53.6 Å². The van der Waals surface area contributed by atoms with Crippen LogP contribution in [0, 0.1) is 5.82 Å². The van der Waals surface area contributed by atoms with Crippen LogP contribution < -0.4 is 0 Å². The van der Waals surface area contributed by atoms with Gasteiger partial charge in [-0.1, -0.05) is 0 Å². The number of hydrogen-bond donors (Lipinski definition) is 1. The van der Waals surface area contributed by atoms with E-state index in [1.165, 1.54) is 21.9 Å². The third kappa shape index (κ3) is 4.20. The van der Waals surface area contributed by atoms with Gasteiger partial charge in [0.25, 0.3) is 5.91 Å². The first-order valence-electron chi connectivity index (χ1n) is 9.90. The molecule has 1 aromatic carbocycles. The van der Waals surface area contributed by atoms with Crippen molar-refractivity contribution in [3.8, 4) is 11.3 Å². The van der Waals surface area contributed by atoms with Gasteiger partial charge >= 0.3 is 12.3 Å². The summed E-state index contributed by atoms with van der Waals surface area (Å²) in [5, 5.41) is 13.4. The van der Waals surface area contributed by atoms with Gasteiger partial charge in [0.05, 0.1) is 17.4 Å². The van der Waals surface area contributed by atoms with Crippen LogP contribution in [0.2, 0.25) is 0 Å². The molecule has 1 aliphatic heterocycles. The smallest absolute Gasteiger partial charge is 0.420 e. The fraction of sp³-hybridized carbons (Fsp3) is 0.333. The Morgan fingerprint density at radius 1 is 1.12 bits per heavy atom. The van der Waals surface area contributed by atoms with Crippen LogP contribution in [0.5, 0.6) is 0 Å². The largest absolute Gasteiger partial charge is 0.465 e. The van der Waals surface area contributed by atoms with Crippen LogP contribution in [0.1, 0.15) is 29.9 Å². The van der Waals surface area contributed by atoms with Crippen molar-refractivity contribution < 1.29 is 32.3 Å². The standard InChI is InChI=1S/C21H19F4N5O3/c1-20(2)11-28(19(32)33)7-8-29(20)18(31)16-10-30-17(26-16)14(21(23,24)25)9-15(27-30)12-3-5-13(22)6-4-12/h3-6,9-10H,7-8,11H2,1-2H3,(H,32,33). The molecule has 0 atom stereocenters. The maximum absolute atomic E-state index is 13.8. The molecule has 0 bridgehead atoms. The zero-order valence-corrected chi connectivity index (χ0v) is 17.6. The first-order valence-corrected chi connectivity index (χ1v) is 9.90. The van der Waals surface area contributed by atoms with E-state index in [0.717, 1.165) is 28.9 Å². The number of imidazole rings is 1. The molecule has 0 aliphatic carbocycles. The van der Waals surface area contributed by atoms with Gasteiger partial charge in [0.1, 0.15) is 17.1 Å². The van der Waals surface area contributed by atoms with Gasteiger partial charge in [0, 0.05) is 25.2 Å². The summed E-state index contributed by atoms with van der Waals surface area (Å²) in [7, 11) is 0. The molecule has 1 fully saturated rings. The lowest BCUT2D eigenvalue weighted by Gasteiger charge is -2.45. The molecular formula is C21H19F4N5O3. The van der Waals surface area contributed by atoms with E-state index in [1.54, 1.807) is 13.8 Å². The average molecular weight is 465 g/mol. The summed E-state index contributed by atoms with van der Waals surface area (Å²) in [5.74, 6) is -1.18. The zero-order chi connectivity index (χ0) is 24.1. The second kappa shape index (κ2) is 7.71. The van der Waals surface area contributed by atoms with Crippen molar-refractivity contribution in [2.75, 3.05) is 19.6 Å². The average Bonchev–Trinajstić information content (AvgIpc) is 3.15. The summed E-state index contributed by atoms with van der Waals surface area (Å²) in [6, 6.07) is 5.62. The van der Waals surface area contributed by atoms with Crippen LogP contribution in [-0.2, 0) is 6.18 Å². The zero-order valence-electron chi connectivity index (χ0n) is 17.6. The topological polar surface area (TPSA) is 91.0 Å². The van der Waals surface area contributed by atoms with Crippen LogP contribution in [0.4, 0.5) is 22.4 Å². The molecule has 4 rings (SSSR count). The maximum atomic E-state index is 13.8. The molecule has 174 valence electrons. The van der Waals surface area contributed by atoms with Gasteiger partial charge in [-0.15, -0.1) is 0 Å². The number of piperazine rings is 1. The number of hydrogen-bond acceptors (Lipinski definition) is 4. The third-order valence-corrected chi connectivity index (χ3v) is 5.51. The van der Waals surface area contributed by atoms with Crippen LogP contribution in [0.25, 0.3) is 16.9 Å². The summed E-state index contributed by atoms with van der Waals surface area (Å²) in [5.41, 5.74) is -2.59. The Labute approximate surface area is 185 Å². The van der Waals surface area contributed by atoms with Gasteiger partial charge in [-0.3, -0.25) is 4.79 Å². The Bertz CT molecular complexity index is 1240. The number of amides is 2. The lowest BCUT2D eigenvalue weighted by Crippen LogP contribution is -2.61. The number of fused-ring (bicyclic) bond motifs is 1. The van der Waals surface area contributed by atoms with E-state index >= 15 is 0 Å². The molecule has 1 saturated heterocycles. The molecule has 1 N–H and O–H groups in total. The van der Waals surface area contributed by atoms with E-state index < -0.39 is 40.7 Å². The minimum Gasteiger partial charge on any atom is -0.465 e. The normalized spacial score (nSPS) is 16.3. The number of carbonyl (C=O) groups is 2. The molecule has 8 nitrogen and oxygen atoms in total. The molecule has 3 heterocycles. The number of nitrogens with zero attached hydrogens (tertiary/aromatic N) is 5. The van der Waals surface area contributed by atoms with Gasteiger partial charge in [-0.2, -0.15) is 18.3 Å². The monoisotopic (exact) mass is 465 g/mol. The maximum Gasteiger partial charge on any atom is 0.420 e. The molecule has 1 aliphatic rings. The van der Waals surface area contributed by atoms with Gasteiger partial charge in [-0.25, -0.2) is 18.7 Å². The summed E-state index contributed by atoms with van der Waals surface area (Å²) in [6.45, 7) is 3.51. The third-order valence-electron chi connectivity index (χ3n) is 5.51. The Kier molecular flexibility index (Phi) is 5.26. The number of rotatable bonds is 2. The number of carboxylic acid groups (broad SMARTS) is 1. The summed E-state index contributed by atoms with van der Waals surface area (Å²) >= 11 is 0. The predicted octanol–water partition coefficient (Wildman–Crippen LogP) is 3.77. The van der Waals surface area contributed by atoms with Crippen molar-refractivity contribution in [1.29, 1.82) is 0 Å². The van der Waals surface area contributed by atoms with E-state index in [1.807, 2.05) is 0 Å². The molecule has 2 amide bonds. The molecule has 0 saturated carbocycles. The van der Waals surface area contributed by atoms with Crippen molar-refractivity contribution in [1.82, 2.24) is 24.4 Å². The molecule has 12 heteroatoms. The molecular weight excluding hydrogens is 446 g/mol. The lowest BCUT2D eigenvalue weighted by atomic mass is 9.98. The summed E-state index contributed by atoms with van der Waals surface area (Å²) in [4.78, 5) is 30.9. The number of aromatic nitrogens is 3. The molecule has 0 spiro atoms. The minimum absolute atomic E-state index is 0.0439. The van der Waals surface area contributed by atoms with E-state index in [4.69, 9.17) is 0 Å². The van der Waals surface area contributed by atoms with E-state index in [9.17, 15) is 32.3 Å². The Hall–Kier alpha value is -3.70. The van der Waals surface area contributed by atoms with Crippen LogP contribution in [0.15, 0.2) is 36.5 Å². The minimum atomic E-state index is -4.78. The number of benzene rings is 1. The highest BCUT2D eigenvalue weighted by Gasteiger charge is 2.40. The molecule has 0 radical (unpaired) electrons. The van der Waals surface area contributed by atoms with Gasteiger partial charge in [0.15, 0.2) is 5.65 Å². The summed E-state index contributed by atoms with van der Waals surface area (Å²) < 4.78 is 55.5. The fourth-order valence-corrected chi connectivity index (χ4v) is 3.88. The Morgan fingerprint density at radius 2 is 1.79 bits per heavy atom. The number of alkyl halides is 3. The van der Waals surface area contributed by atoms with Crippen molar-refractivity contribution in [3.63, 3.8) is 0 Å². The number of halogens is 4. The van der Waals surface area contributed by atoms with Crippen molar-refractivity contribution >= 4 is 17.6 Å². The highest BCUT2D eigenvalue weighted by atomic mass is 19.4. The highest BCUT2D eigenvalue weighted by molar-refractivity contribution is 5.93. The van der Waals surface area contributed by atoms with Gasteiger partial charge < -0.3 is 14.9 Å². The van der Waals surface area contributed by atoms with E-state index in [-0.39, 0.29) is 36.6 Å². The van der Waals surface area contributed by atoms with E-state index in [2.05, 4.69) is 10.1 Å². The number of carbonyl (C=O) groups excluding carboxylic acids is 1. The van der Waals surface area contributed by atoms with Gasteiger partial charge in [-0.05, 0) is 44.2 Å². The van der Waals surface area contributed by atoms with Crippen LogP contribution in [-0.4, -0.2) is 66.7 Å². The van der Waals surface area contributed by atoms with E-state index in [0.29, 0.717) is 0 Å². The highest BCUT2D eigenvalue weighted by Crippen LogP contribution is 2.34. The SMILES string of the molecule is CC1(C)CN(C(=O)O)CCN1C(=O)c1cn2nc(-c3ccc(F)cc3)cc(C(F)(F)F)c2n1. The van der Waals surface area contributed by atoms with Crippen molar-refractivity contribution in [2.24, 2.45) is 0 Å². The molecule has 2 aromatic heterocycles. The van der Waals surface area contributed by atoms with Crippen molar-refractivity contribution in [2.45, 2.75) is 25.6 Å². The molecule has 33 heavy (non-hydrogen) atoms. The lowest BCUT2D eigenvalue weighted by molar-refractivity contribution is -0.136. The fourth-order valence-electron chi connectivity index (χ4n) is 3.88. The Balaban J connectivity index is 1.76. The Morgan fingerprint density at radius 3 is 2.36 bits per heavy atom. The molecule has 0 unspecified atom stereocenters. The molecule has 3 aromatic rings. The van der Waals surface area contributed by atoms with Crippen LogP contribution >= 0.6 is 0 Å². The first-order chi connectivity index (χ1) is 15.4. The first kappa shape index (κ1) is 22.5.